The Labute approximate surface area is 158 Å². The fourth-order valence-corrected chi connectivity index (χ4v) is 3.05. The number of aromatic amines is 1. The minimum Gasteiger partial charge on any atom is -0.448 e. The number of hydrogen-bond acceptors (Lipinski definition) is 3. The molecule has 2 aromatic carbocycles. The van der Waals surface area contributed by atoms with E-state index in [1.54, 1.807) is 13.0 Å². The monoisotopic (exact) mass is 364 g/mol. The van der Waals surface area contributed by atoms with E-state index < -0.39 is 12.1 Å². The standard InChI is InChI=1S/C22H24N2O3/c1-3-9-18(16-10-5-4-6-11-16)24-21(25)15(2)27-22(26)20-14-17-12-7-8-13-19(17)23-20/h4-8,10-15,18,23H,3,9H2,1-2H3,(H,24,25)/t15-,18+/m1/s1. The molecule has 1 amide bonds. The smallest absolute Gasteiger partial charge is 0.355 e. The zero-order valence-electron chi connectivity index (χ0n) is 15.6. The Kier molecular flexibility index (Phi) is 5.91. The number of hydrogen-bond donors (Lipinski definition) is 2. The molecule has 5 nitrogen and oxygen atoms in total. The van der Waals surface area contributed by atoms with Crippen LogP contribution in [0.15, 0.2) is 60.7 Å². The van der Waals surface area contributed by atoms with Crippen LogP contribution in [-0.2, 0) is 9.53 Å². The summed E-state index contributed by atoms with van der Waals surface area (Å²) < 4.78 is 5.36. The molecule has 0 aliphatic rings. The first kappa shape index (κ1) is 18.7. The summed E-state index contributed by atoms with van der Waals surface area (Å²) in [5.74, 6) is -0.845. The predicted molar refractivity (Wildman–Crippen MR) is 105 cm³/mol. The van der Waals surface area contributed by atoms with Gasteiger partial charge < -0.3 is 15.0 Å². The maximum atomic E-state index is 12.5. The van der Waals surface area contributed by atoms with Crippen molar-refractivity contribution in [2.45, 2.75) is 38.8 Å². The zero-order chi connectivity index (χ0) is 19.2. The van der Waals surface area contributed by atoms with Crippen LogP contribution in [0.3, 0.4) is 0 Å². The van der Waals surface area contributed by atoms with Gasteiger partial charge in [0.2, 0.25) is 0 Å². The second-order valence-corrected chi connectivity index (χ2v) is 6.58. The zero-order valence-corrected chi connectivity index (χ0v) is 15.6. The number of esters is 1. The molecule has 5 heteroatoms. The van der Waals surface area contributed by atoms with Crippen LogP contribution >= 0.6 is 0 Å². The number of benzene rings is 2. The first-order chi connectivity index (χ1) is 13.1. The Balaban J connectivity index is 1.64. The lowest BCUT2D eigenvalue weighted by Crippen LogP contribution is -2.38. The van der Waals surface area contributed by atoms with E-state index in [9.17, 15) is 9.59 Å². The molecule has 0 unspecified atom stereocenters. The largest absolute Gasteiger partial charge is 0.448 e. The van der Waals surface area contributed by atoms with Crippen molar-refractivity contribution in [2.75, 3.05) is 0 Å². The molecule has 1 aromatic heterocycles. The lowest BCUT2D eigenvalue weighted by Gasteiger charge is -2.21. The number of carbonyl (C=O) groups excluding carboxylic acids is 2. The number of nitrogens with one attached hydrogen (secondary N) is 2. The van der Waals surface area contributed by atoms with E-state index in [1.165, 1.54) is 0 Å². The van der Waals surface area contributed by atoms with E-state index in [4.69, 9.17) is 4.74 Å². The van der Waals surface area contributed by atoms with Crippen LogP contribution in [0.1, 0.15) is 48.8 Å². The van der Waals surface area contributed by atoms with Gasteiger partial charge in [0.05, 0.1) is 6.04 Å². The van der Waals surface area contributed by atoms with Gasteiger partial charge in [-0.3, -0.25) is 4.79 Å². The number of amides is 1. The highest BCUT2D eigenvalue weighted by Crippen LogP contribution is 2.19. The van der Waals surface area contributed by atoms with E-state index in [0.717, 1.165) is 29.3 Å². The molecule has 0 bridgehead atoms. The van der Waals surface area contributed by atoms with Crippen LogP contribution < -0.4 is 5.32 Å². The molecule has 27 heavy (non-hydrogen) atoms. The molecule has 0 saturated heterocycles. The van der Waals surface area contributed by atoms with Gasteiger partial charge in [0.25, 0.3) is 5.91 Å². The first-order valence-electron chi connectivity index (χ1n) is 9.22. The van der Waals surface area contributed by atoms with Gasteiger partial charge in [0.1, 0.15) is 5.69 Å². The van der Waals surface area contributed by atoms with Gasteiger partial charge in [-0.25, -0.2) is 4.79 Å². The minimum atomic E-state index is -0.882. The highest BCUT2D eigenvalue weighted by molar-refractivity contribution is 5.96. The van der Waals surface area contributed by atoms with E-state index in [2.05, 4.69) is 17.2 Å². The summed E-state index contributed by atoms with van der Waals surface area (Å²) in [6.07, 6.45) is 0.869. The molecule has 3 rings (SSSR count). The Morgan fingerprint density at radius 3 is 2.48 bits per heavy atom. The number of fused-ring (bicyclic) bond motifs is 1. The summed E-state index contributed by atoms with van der Waals surface area (Å²) in [6, 6.07) is 19.0. The van der Waals surface area contributed by atoms with E-state index in [0.29, 0.717) is 5.69 Å². The predicted octanol–water partition coefficient (Wildman–Crippen LogP) is 4.37. The van der Waals surface area contributed by atoms with Crippen LogP contribution in [0, 0.1) is 0 Å². The Morgan fingerprint density at radius 1 is 1.07 bits per heavy atom. The van der Waals surface area contributed by atoms with E-state index in [-0.39, 0.29) is 11.9 Å². The summed E-state index contributed by atoms with van der Waals surface area (Å²) in [7, 11) is 0. The molecule has 3 aromatic rings. The number of H-pyrrole nitrogens is 1. The Hall–Kier alpha value is -3.08. The van der Waals surface area contributed by atoms with Crippen LogP contribution in [0.25, 0.3) is 10.9 Å². The minimum absolute atomic E-state index is 0.0991. The van der Waals surface area contributed by atoms with Gasteiger partial charge in [-0.2, -0.15) is 0 Å². The topological polar surface area (TPSA) is 71.2 Å². The first-order valence-corrected chi connectivity index (χ1v) is 9.22. The van der Waals surface area contributed by atoms with Gasteiger partial charge in [0.15, 0.2) is 6.10 Å². The lowest BCUT2D eigenvalue weighted by molar-refractivity contribution is -0.129. The van der Waals surface area contributed by atoms with Crippen LogP contribution in [0.2, 0.25) is 0 Å². The van der Waals surface area contributed by atoms with Crippen molar-refractivity contribution in [2.24, 2.45) is 0 Å². The number of carbonyl (C=O) groups is 2. The van der Waals surface area contributed by atoms with Crippen molar-refractivity contribution in [3.8, 4) is 0 Å². The molecular formula is C22H24N2O3. The highest BCUT2D eigenvalue weighted by Gasteiger charge is 2.23. The Morgan fingerprint density at radius 2 is 1.78 bits per heavy atom. The van der Waals surface area contributed by atoms with Crippen molar-refractivity contribution < 1.29 is 14.3 Å². The molecule has 2 N–H and O–H groups in total. The fraction of sp³-hybridized carbons (Fsp3) is 0.273. The number of ether oxygens (including phenoxy) is 1. The fourth-order valence-electron chi connectivity index (χ4n) is 3.05. The van der Waals surface area contributed by atoms with Crippen molar-refractivity contribution >= 4 is 22.8 Å². The third-order valence-electron chi connectivity index (χ3n) is 4.50. The summed E-state index contributed by atoms with van der Waals surface area (Å²) in [5.41, 5.74) is 2.24. The SMILES string of the molecule is CCC[C@H](NC(=O)[C@@H](C)OC(=O)c1cc2ccccc2[nH]1)c1ccccc1. The highest BCUT2D eigenvalue weighted by atomic mass is 16.5. The average Bonchev–Trinajstić information content (AvgIpc) is 3.12. The molecule has 0 aliphatic heterocycles. The molecule has 140 valence electrons. The van der Waals surface area contributed by atoms with Crippen molar-refractivity contribution in [1.29, 1.82) is 0 Å². The lowest BCUT2D eigenvalue weighted by atomic mass is 10.0. The number of rotatable bonds is 7. The van der Waals surface area contributed by atoms with Gasteiger partial charge >= 0.3 is 5.97 Å². The maximum absolute atomic E-state index is 12.5. The molecule has 0 fully saturated rings. The molecule has 0 spiro atoms. The van der Waals surface area contributed by atoms with Crippen LogP contribution in [-0.4, -0.2) is 23.0 Å². The van der Waals surface area contributed by atoms with Gasteiger partial charge in [0, 0.05) is 10.9 Å². The molecule has 0 aliphatic carbocycles. The van der Waals surface area contributed by atoms with E-state index in [1.807, 2.05) is 54.6 Å². The summed E-state index contributed by atoms with van der Waals surface area (Å²) in [5, 5.41) is 3.92. The molecule has 0 saturated carbocycles. The van der Waals surface area contributed by atoms with E-state index >= 15 is 0 Å². The number of aromatic nitrogens is 1. The normalized spacial score (nSPS) is 13.1. The maximum Gasteiger partial charge on any atom is 0.355 e. The molecular weight excluding hydrogens is 340 g/mol. The second kappa shape index (κ2) is 8.54. The molecule has 0 radical (unpaired) electrons. The quantitative estimate of drug-likeness (QED) is 0.612. The second-order valence-electron chi connectivity index (χ2n) is 6.58. The van der Waals surface area contributed by atoms with Gasteiger partial charge in [-0.15, -0.1) is 0 Å². The van der Waals surface area contributed by atoms with Crippen molar-refractivity contribution in [3.63, 3.8) is 0 Å². The van der Waals surface area contributed by atoms with Crippen molar-refractivity contribution in [3.05, 3.63) is 71.9 Å². The van der Waals surface area contributed by atoms with Crippen LogP contribution in [0.4, 0.5) is 0 Å². The Bertz CT molecular complexity index is 884. The molecule has 2 atom stereocenters. The van der Waals surface area contributed by atoms with Crippen LogP contribution in [0.5, 0.6) is 0 Å². The third-order valence-corrected chi connectivity index (χ3v) is 4.50. The van der Waals surface area contributed by atoms with Gasteiger partial charge in [-0.1, -0.05) is 61.9 Å². The van der Waals surface area contributed by atoms with Crippen molar-refractivity contribution in [1.82, 2.24) is 10.3 Å². The summed E-state index contributed by atoms with van der Waals surface area (Å²) >= 11 is 0. The summed E-state index contributed by atoms with van der Waals surface area (Å²) in [6.45, 7) is 3.66. The summed E-state index contributed by atoms with van der Waals surface area (Å²) in [4.78, 5) is 27.9. The average molecular weight is 364 g/mol. The third kappa shape index (κ3) is 4.56. The molecule has 1 heterocycles. The van der Waals surface area contributed by atoms with Gasteiger partial charge in [-0.05, 0) is 31.0 Å². The number of para-hydroxylation sites is 1.